The van der Waals surface area contributed by atoms with E-state index in [-0.39, 0.29) is 36.4 Å². The fourth-order valence-corrected chi connectivity index (χ4v) is 2.54. The summed E-state index contributed by atoms with van der Waals surface area (Å²) in [6.45, 7) is 3.45. The van der Waals surface area contributed by atoms with Gasteiger partial charge in [-0.2, -0.15) is 0 Å². The Kier molecular flexibility index (Phi) is 7.77. The second kappa shape index (κ2) is 9.07. The van der Waals surface area contributed by atoms with Crippen LogP contribution in [0.5, 0.6) is 0 Å². The number of nitrogens with one attached hydrogen (secondary N) is 1. The van der Waals surface area contributed by atoms with E-state index in [0.29, 0.717) is 32.0 Å². The summed E-state index contributed by atoms with van der Waals surface area (Å²) >= 11 is 0. The zero-order valence-electron chi connectivity index (χ0n) is 13.4. The molecule has 0 aliphatic carbocycles. The Morgan fingerprint density at radius 1 is 1.35 bits per heavy atom. The number of anilines is 1. The molecule has 6 nitrogen and oxygen atoms in total. The first-order valence-corrected chi connectivity index (χ1v) is 7.59. The topological polar surface area (TPSA) is 103 Å². The molecule has 0 bridgehead atoms. The first kappa shape index (κ1) is 19.7. The molecular formula is C16H25IN4O2. The number of ether oxygens (including phenoxy) is 1. The number of nitrogens with zero attached hydrogens (tertiary/aromatic N) is 1. The van der Waals surface area contributed by atoms with E-state index in [9.17, 15) is 4.79 Å². The molecule has 0 unspecified atom stereocenters. The molecule has 0 radical (unpaired) electrons. The highest BCUT2D eigenvalue weighted by molar-refractivity contribution is 14.0. The molecule has 1 aromatic rings. The second-order valence-corrected chi connectivity index (χ2v) is 5.64. The summed E-state index contributed by atoms with van der Waals surface area (Å²) in [5.41, 5.74) is 12.9. The summed E-state index contributed by atoms with van der Waals surface area (Å²) in [6, 6.07) is 7.99. The van der Waals surface area contributed by atoms with Crippen molar-refractivity contribution in [3.8, 4) is 0 Å². The molecule has 1 aliphatic rings. The first-order chi connectivity index (χ1) is 10.6. The zero-order chi connectivity index (χ0) is 16.0. The van der Waals surface area contributed by atoms with Crippen molar-refractivity contribution in [2.75, 3.05) is 25.1 Å². The van der Waals surface area contributed by atoms with Crippen molar-refractivity contribution >= 4 is 41.5 Å². The number of primary amides is 1. The Hall–Kier alpha value is -1.35. The predicted octanol–water partition coefficient (Wildman–Crippen LogP) is 1.88. The minimum Gasteiger partial charge on any atom is -0.381 e. The van der Waals surface area contributed by atoms with Crippen molar-refractivity contribution in [2.45, 2.75) is 26.2 Å². The summed E-state index contributed by atoms with van der Waals surface area (Å²) in [4.78, 5) is 16.1. The van der Waals surface area contributed by atoms with Crippen molar-refractivity contribution in [3.63, 3.8) is 0 Å². The molecule has 1 heterocycles. The third-order valence-corrected chi connectivity index (χ3v) is 4.13. The quantitative estimate of drug-likeness (QED) is 0.376. The van der Waals surface area contributed by atoms with Crippen molar-refractivity contribution in [1.29, 1.82) is 0 Å². The van der Waals surface area contributed by atoms with Crippen LogP contribution in [0.3, 0.4) is 0 Å². The third-order valence-electron chi connectivity index (χ3n) is 4.13. The molecule has 7 heteroatoms. The fraction of sp³-hybridized carbons (Fsp3) is 0.500. The molecule has 1 aliphatic heterocycles. The summed E-state index contributed by atoms with van der Waals surface area (Å²) in [5, 5.41) is 3.06. The highest BCUT2D eigenvalue weighted by Gasteiger charge is 2.38. The van der Waals surface area contributed by atoms with Crippen LogP contribution in [0, 0.1) is 5.41 Å². The van der Waals surface area contributed by atoms with Gasteiger partial charge in [0.2, 0.25) is 5.91 Å². The zero-order valence-corrected chi connectivity index (χ0v) is 15.7. The Morgan fingerprint density at radius 2 is 2.04 bits per heavy atom. The number of carbonyl (C=O) groups is 1. The smallest absolute Gasteiger partial charge is 0.225 e. The average molecular weight is 432 g/mol. The Balaban J connectivity index is 0.00000264. The Morgan fingerprint density at radius 3 is 2.65 bits per heavy atom. The van der Waals surface area contributed by atoms with Crippen LogP contribution in [0.4, 0.5) is 5.69 Å². The Bertz CT molecular complexity index is 557. The average Bonchev–Trinajstić information content (AvgIpc) is 2.54. The van der Waals surface area contributed by atoms with E-state index >= 15 is 0 Å². The number of halogens is 1. The summed E-state index contributed by atoms with van der Waals surface area (Å²) in [6.07, 6.45) is 2.13. The van der Waals surface area contributed by atoms with E-state index in [4.69, 9.17) is 16.2 Å². The number of nitrogens with two attached hydrogens (primary N) is 2. The normalized spacial score (nSPS) is 17.2. The van der Waals surface area contributed by atoms with Crippen LogP contribution in [-0.4, -0.2) is 31.6 Å². The van der Waals surface area contributed by atoms with Gasteiger partial charge >= 0.3 is 0 Å². The monoisotopic (exact) mass is 432 g/mol. The summed E-state index contributed by atoms with van der Waals surface area (Å²) < 4.78 is 5.30. The molecular weight excluding hydrogens is 407 g/mol. The number of aliphatic imine (C=N–C) groups is 1. The number of benzene rings is 1. The van der Waals surface area contributed by atoms with Crippen molar-refractivity contribution in [1.82, 2.24) is 0 Å². The van der Waals surface area contributed by atoms with Gasteiger partial charge in [0, 0.05) is 18.9 Å². The molecule has 0 saturated carbocycles. The van der Waals surface area contributed by atoms with Gasteiger partial charge in [-0.15, -0.1) is 24.0 Å². The minimum atomic E-state index is -0.643. The predicted molar refractivity (Wildman–Crippen MR) is 103 cm³/mol. The SMILES string of the molecule is CCc1cccc(NC(N)=NCC2(C(N)=O)CCOCC2)c1.I. The largest absolute Gasteiger partial charge is 0.381 e. The van der Waals surface area contributed by atoms with E-state index in [1.807, 2.05) is 18.2 Å². The molecule has 1 saturated heterocycles. The standard InChI is InChI=1S/C16H24N4O2.HI/c1-2-12-4-3-5-13(10-12)20-15(18)19-11-16(14(17)21)6-8-22-9-7-16;/h3-5,10H,2,6-9,11H2,1H3,(H2,17,21)(H3,18,19,20);1H. The molecule has 1 aromatic carbocycles. The maximum Gasteiger partial charge on any atom is 0.225 e. The second-order valence-electron chi connectivity index (χ2n) is 5.64. The molecule has 0 spiro atoms. The van der Waals surface area contributed by atoms with Gasteiger partial charge in [-0.1, -0.05) is 19.1 Å². The lowest BCUT2D eigenvalue weighted by molar-refractivity contribution is -0.132. The van der Waals surface area contributed by atoms with Crippen LogP contribution >= 0.6 is 24.0 Å². The van der Waals surface area contributed by atoms with Gasteiger partial charge in [-0.05, 0) is 37.0 Å². The molecule has 1 fully saturated rings. The van der Waals surface area contributed by atoms with Gasteiger partial charge in [0.25, 0.3) is 0 Å². The van der Waals surface area contributed by atoms with Crippen molar-refractivity contribution in [3.05, 3.63) is 29.8 Å². The lowest BCUT2D eigenvalue weighted by atomic mass is 9.79. The van der Waals surface area contributed by atoms with Crippen LogP contribution < -0.4 is 16.8 Å². The highest BCUT2D eigenvalue weighted by Crippen LogP contribution is 2.30. The molecule has 5 N–H and O–H groups in total. The van der Waals surface area contributed by atoms with Crippen LogP contribution in [0.2, 0.25) is 0 Å². The van der Waals surface area contributed by atoms with Crippen molar-refractivity contribution < 1.29 is 9.53 Å². The number of carbonyl (C=O) groups excluding carboxylic acids is 1. The van der Waals surface area contributed by atoms with E-state index in [1.165, 1.54) is 5.56 Å². The van der Waals surface area contributed by atoms with Crippen LogP contribution in [-0.2, 0) is 16.0 Å². The number of guanidine groups is 1. The van der Waals surface area contributed by atoms with Gasteiger partial charge in [0.05, 0.1) is 12.0 Å². The van der Waals surface area contributed by atoms with Gasteiger partial charge in [0.1, 0.15) is 0 Å². The van der Waals surface area contributed by atoms with E-state index in [0.717, 1.165) is 12.1 Å². The fourth-order valence-electron chi connectivity index (χ4n) is 2.54. The van der Waals surface area contributed by atoms with Gasteiger partial charge in [-0.25, -0.2) is 0 Å². The van der Waals surface area contributed by atoms with Gasteiger partial charge in [-0.3, -0.25) is 9.79 Å². The van der Waals surface area contributed by atoms with E-state index in [2.05, 4.69) is 23.3 Å². The molecule has 0 aromatic heterocycles. The lowest BCUT2D eigenvalue weighted by Gasteiger charge is -2.32. The molecule has 0 atom stereocenters. The number of hydrogen-bond acceptors (Lipinski definition) is 3. The number of amides is 1. The first-order valence-electron chi connectivity index (χ1n) is 7.59. The summed E-state index contributed by atoms with van der Waals surface area (Å²) in [5.74, 6) is -0.0410. The van der Waals surface area contributed by atoms with Gasteiger partial charge < -0.3 is 21.5 Å². The molecule has 128 valence electrons. The maximum absolute atomic E-state index is 11.8. The van der Waals surface area contributed by atoms with E-state index < -0.39 is 5.41 Å². The summed E-state index contributed by atoms with van der Waals surface area (Å²) in [7, 11) is 0. The van der Waals surface area contributed by atoms with Crippen LogP contribution in [0.1, 0.15) is 25.3 Å². The number of aryl methyl sites for hydroxylation is 1. The van der Waals surface area contributed by atoms with Gasteiger partial charge in [0.15, 0.2) is 5.96 Å². The van der Waals surface area contributed by atoms with E-state index in [1.54, 1.807) is 0 Å². The maximum atomic E-state index is 11.8. The molecule has 23 heavy (non-hydrogen) atoms. The highest BCUT2D eigenvalue weighted by atomic mass is 127. The lowest BCUT2D eigenvalue weighted by Crippen LogP contribution is -2.44. The van der Waals surface area contributed by atoms with Crippen LogP contribution in [0.15, 0.2) is 29.3 Å². The minimum absolute atomic E-state index is 0. The number of rotatable bonds is 5. The van der Waals surface area contributed by atoms with Crippen molar-refractivity contribution in [2.24, 2.45) is 21.9 Å². The number of hydrogen-bond donors (Lipinski definition) is 3. The molecule has 1 amide bonds. The third kappa shape index (κ3) is 5.35. The van der Waals surface area contributed by atoms with Crippen LogP contribution in [0.25, 0.3) is 0 Å². The Labute approximate surface area is 154 Å². The molecule has 2 rings (SSSR count).